The molecule has 31 heavy (non-hydrogen) atoms. The lowest BCUT2D eigenvalue weighted by molar-refractivity contribution is -0.388. The van der Waals surface area contributed by atoms with Gasteiger partial charge in [-0.2, -0.15) is 13.2 Å². The number of carbonyl (C=O) groups excluding carboxylic acids is 1. The van der Waals surface area contributed by atoms with E-state index in [1.165, 1.54) is 23.1 Å². The normalized spacial score (nSPS) is 11.3. The number of carbonyl (C=O) groups is 1. The van der Waals surface area contributed by atoms with Gasteiger partial charge in [0.15, 0.2) is 4.34 Å². The molecule has 0 spiro atoms. The van der Waals surface area contributed by atoms with Crippen molar-refractivity contribution >= 4 is 51.6 Å². The molecule has 0 aliphatic carbocycles. The van der Waals surface area contributed by atoms with Crippen LogP contribution in [0.15, 0.2) is 57.8 Å². The average molecular weight is 487 g/mol. The number of nitrogens with zero attached hydrogens (tertiary/aromatic N) is 3. The van der Waals surface area contributed by atoms with Gasteiger partial charge in [0.2, 0.25) is 11.0 Å². The third kappa shape index (κ3) is 6.67. The summed E-state index contributed by atoms with van der Waals surface area (Å²) in [5.74, 6) is -0.0512. The largest absolute Gasteiger partial charge is 0.416 e. The number of amides is 1. The lowest BCUT2D eigenvalue weighted by Crippen LogP contribution is -2.14. The van der Waals surface area contributed by atoms with Gasteiger partial charge in [0, 0.05) is 11.8 Å². The van der Waals surface area contributed by atoms with Crippen molar-refractivity contribution in [1.29, 1.82) is 0 Å². The number of aromatic nitrogens is 2. The quantitative estimate of drug-likeness (QED) is 0.195. The molecule has 0 saturated heterocycles. The maximum atomic E-state index is 12.8. The summed E-state index contributed by atoms with van der Waals surface area (Å²) in [6.45, 7) is 0. The molecule has 1 heterocycles. The van der Waals surface area contributed by atoms with Crippen LogP contribution in [0.4, 0.5) is 24.0 Å². The Bertz CT molecular complexity index is 1080. The molecule has 0 aliphatic rings. The van der Waals surface area contributed by atoms with Crippen LogP contribution in [0.2, 0.25) is 0 Å². The molecule has 0 radical (unpaired) electrons. The van der Waals surface area contributed by atoms with E-state index in [-0.39, 0.29) is 15.8 Å². The third-order valence-corrected chi connectivity index (χ3v) is 6.81. The van der Waals surface area contributed by atoms with Gasteiger partial charge in [-0.05, 0) is 17.7 Å². The molecule has 1 N–H and O–H groups in total. The number of nitro groups is 1. The maximum Gasteiger partial charge on any atom is 0.416 e. The van der Waals surface area contributed by atoms with Crippen molar-refractivity contribution in [3.8, 4) is 0 Å². The van der Waals surface area contributed by atoms with E-state index >= 15 is 0 Å². The summed E-state index contributed by atoms with van der Waals surface area (Å²) in [6.07, 6.45) is -4.70. The van der Waals surface area contributed by atoms with E-state index in [0.717, 1.165) is 29.5 Å². The third-order valence-electron chi connectivity index (χ3n) is 3.70. The molecule has 0 atom stereocenters. The van der Waals surface area contributed by atoms with Crippen molar-refractivity contribution in [2.45, 2.75) is 21.2 Å². The van der Waals surface area contributed by atoms with Crippen molar-refractivity contribution in [1.82, 2.24) is 10.2 Å². The average Bonchev–Trinajstić information content (AvgIpc) is 3.17. The number of hydrogen-bond donors (Lipinski definition) is 1. The van der Waals surface area contributed by atoms with Crippen molar-refractivity contribution in [2.24, 2.45) is 0 Å². The molecule has 1 amide bonds. The zero-order valence-corrected chi connectivity index (χ0v) is 17.9. The van der Waals surface area contributed by atoms with Gasteiger partial charge in [-0.15, -0.1) is 22.0 Å². The number of nitro benzene ring substituents is 1. The predicted molar refractivity (Wildman–Crippen MR) is 113 cm³/mol. The number of nitrogens with one attached hydrogen (secondary N) is 1. The fourth-order valence-corrected chi connectivity index (χ4v) is 4.82. The summed E-state index contributed by atoms with van der Waals surface area (Å²) in [4.78, 5) is 22.3. The lowest BCUT2D eigenvalue weighted by Gasteiger charge is -2.08. The van der Waals surface area contributed by atoms with Crippen LogP contribution in [-0.2, 0) is 16.7 Å². The number of halogens is 3. The van der Waals surface area contributed by atoms with E-state index in [1.54, 1.807) is 0 Å². The molecule has 0 fully saturated rings. The first-order valence-electron chi connectivity index (χ1n) is 8.51. The van der Waals surface area contributed by atoms with Crippen LogP contribution in [0.25, 0.3) is 0 Å². The topological polar surface area (TPSA) is 98.0 Å². The zero-order valence-electron chi connectivity index (χ0n) is 15.5. The second-order valence-corrected chi connectivity index (χ2v) is 9.14. The number of thioether (sulfide) groups is 2. The monoisotopic (exact) mass is 486 g/mol. The Hall–Kier alpha value is -2.64. The van der Waals surface area contributed by atoms with Crippen molar-refractivity contribution in [3.05, 3.63) is 69.8 Å². The second-order valence-electron chi connectivity index (χ2n) is 5.92. The van der Waals surface area contributed by atoms with E-state index in [9.17, 15) is 28.1 Å². The van der Waals surface area contributed by atoms with Crippen LogP contribution in [0.3, 0.4) is 0 Å². The highest BCUT2D eigenvalue weighted by Crippen LogP contribution is 2.36. The first-order valence-corrected chi connectivity index (χ1v) is 11.3. The first kappa shape index (κ1) is 23.0. The summed E-state index contributed by atoms with van der Waals surface area (Å²) in [7, 11) is 0. The highest BCUT2D eigenvalue weighted by Gasteiger charge is 2.33. The SMILES string of the molecule is O=C(CSc1ccc(C(F)(F)F)cc1[N+](=O)[O-])Nc1nnc(SCc2ccccc2)s1. The van der Waals surface area contributed by atoms with Crippen LogP contribution in [0.1, 0.15) is 11.1 Å². The molecule has 1 aromatic heterocycles. The fraction of sp³-hybridized carbons (Fsp3) is 0.167. The molecule has 0 bridgehead atoms. The molecule has 13 heteroatoms. The van der Waals surface area contributed by atoms with Gasteiger partial charge < -0.3 is 0 Å². The summed E-state index contributed by atoms with van der Waals surface area (Å²) in [5, 5.41) is 21.8. The number of anilines is 1. The summed E-state index contributed by atoms with van der Waals surface area (Å²) >= 11 is 3.41. The number of alkyl halides is 3. The Kier molecular flexibility index (Phi) is 7.51. The molecular formula is C18H13F3N4O3S3. The van der Waals surface area contributed by atoms with Crippen LogP contribution >= 0.6 is 34.9 Å². The fourth-order valence-electron chi connectivity index (χ4n) is 2.30. The highest BCUT2D eigenvalue weighted by atomic mass is 32.2. The number of benzene rings is 2. The molecule has 162 valence electrons. The smallest absolute Gasteiger partial charge is 0.300 e. The molecule has 2 aromatic carbocycles. The van der Waals surface area contributed by atoms with E-state index in [4.69, 9.17) is 0 Å². The highest BCUT2D eigenvalue weighted by molar-refractivity contribution is 8.00. The Labute approximate surface area is 186 Å². The first-order chi connectivity index (χ1) is 14.7. The van der Waals surface area contributed by atoms with E-state index in [0.29, 0.717) is 16.2 Å². The van der Waals surface area contributed by atoms with Gasteiger partial charge in [0.1, 0.15) is 0 Å². The van der Waals surface area contributed by atoms with Crippen molar-refractivity contribution < 1.29 is 22.9 Å². The van der Waals surface area contributed by atoms with Gasteiger partial charge in [0.05, 0.1) is 21.1 Å². The summed E-state index contributed by atoms with van der Waals surface area (Å²) < 4.78 is 39.0. The second kappa shape index (κ2) is 10.1. The van der Waals surface area contributed by atoms with E-state index in [1.807, 2.05) is 30.3 Å². The van der Waals surface area contributed by atoms with Gasteiger partial charge in [0.25, 0.3) is 5.69 Å². The van der Waals surface area contributed by atoms with Crippen LogP contribution < -0.4 is 5.32 Å². The Morgan fingerprint density at radius 1 is 1.13 bits per heavy atom. The van der Waals surface area contributed by atoms with Gasteiger partial charge in [-0.25, -0.2) is 0 Å². The van der Waals surface area contributed by atoms with Crippen molar-refractivity contribution in [3.63, 3.8) is 0 Å². The predicted octanol–water partition coefficient (Wildman–Crippen LogP) is 5.49. The van der Waals surface area contributed by atoms with Gasteiger partial charge in [-0.1, -0.05) is 53.4 Å². The summed E-state index contributed by atoms with van der Waals surface area (Å²) in [6, 6.07) is 11.9. The maximum absolute atomic E-state index is 12.8. The Balaban J connectivity index is 1.56. The zero-order chi connectivity index (χ0) is 22.4. The van der Waals surface area contributed by atoms with E-state index in [2.05, 4.69) is 15.5 Å². The molecule has 3 aromatic rings. The Morgan fingerprint density at radius 2 is 1.87 bits per heavy atom. The number of rotatable bonds is 8. The summed E-state index contributed by atoms with van der Waals surface area (Å²) in [5.41, 5.74) is -0.714. The van der Waals surface area contributed by atoms with Crippen molar-refractivity contribution in [2.75, 3.05) is 11.1 Å². The molecule has 0 aliphatic heterocycles. The minimum absolute atomic E-state index is 0.0375. The van der Waals surface area contributed by atoms with E-state index < -0.39 is 28.3 Å². The molecule has 3 rings (SSSR count). The minimum Gasteiger partial charge on any atom is -0.300 e. The number of hydrogen-bond acceptors (Lipinski definition) is 8. The molecule has 7 nitrogen and oxygen atoms in total. The Morgan fingerprint density at radius 3 is 2.55 bits per heavy atom. The van der Waals surface area contributed by atoms with Gasteiger partial charge >= 0.3 is 6.18 Å². The molecule has 0 unspecified atom stereocenters. The minimum atomic E-state index is -4.70. The van der Waals surface area contributed by atoms with Crippen LogP contribution in [0.5, 0.6) is 0 Å². The lowest BCUT2D eigenvalue weighted by atomic mass is 10.2. The van der Waals surface area contributed by atoms with Crippen LogP contribution in [0, 0.1) is 10.1 Å². The van der Waals surface area contributed by atoms with Gasteiger partial charge in [-0.3, -0.25) is 20.2 Å². The standard InChI is InChI=1S/C18H13F3N4O3S3/c19-18(20,21)12-6-7-14(13(8-12)25(27)28)29-10-15(26)22-16-23-24-17(31-16)30-9-11-4-2-1-3-5-11/h1-8H,9-10H2,(H,22,23,26). The van der Waals surface area contributed by atoms with Crippen LogP contribution in [-0.4, -0.2) is 26.8 Å². The molecule has 0 saturated carbocycles. The molecular weight excluding hydrogens is 473 g/mol.